The van der Waals surface area contributed by atoms with Crippen molar-refractivity contribution >= 4 is 34.8 Å². The standard InChI is InChI=1S/C15H16F2N4OS.ClH/c16-11-2-1-3-12(17)13(11)14(22)21-6-4-20(5-7-21)9-10-8-19-15(18)23-10;/h1-3,8H,4-7,9H2,(H2,18,19);1H. The highest BCUT2D eigenvalue weighted by molar-refractivity contribution is 7.15. The average Bonchev–Trinajstić information content (AvgIpc) is 2.93. The summed E-state index contributed by atoms with van der Waals surface area (Å²) >= 11 is 1.43. The van der Waals surface area contributed by atoms with Crippen molar-refractivity contribution in [3.8, 4) is 0 Å². The van der Waals surface area contributed by atoms with Gasteiger partial charge in [-0.3, -0.25) is 9.69 Å². The van der Waals surface area contributed by atoms with Gasteiger partial charge in [0.2, 0.25) is 0 Å². The maximum Gasteiger partial charge on any atom is 0.259 e. The minimum Gasteiger partial charge on any atom is -0.375 e. The van der Waals surface area contributed by atoms with Crippen LogP contribution in [0.1, 0.15) is 15.2 Å². The van der Waals surface area contributed by atoms with Crippen molar-refractivity contribution in [3.05, 3.63) is 46.5 Å². The number of rotatable bonds is 3. The Morgan fingerprint density at radius 3 is 2.38 bits per heavy atom. The first-order valence-corrected chi connectivity index (χ1v) is 8.02. The zero-order chi connectivity index (χ0) is 16.4. The SMILES string of the molecule is Cl.Nc1ncc(CN2CCN(C(=O)c3c(F)cccc3F)CC2)s1. The summed E-state index contributed by atoms with van der Waals surface area (Å²) in [5.74, 6) is -2.24. The molecule has 1 fully saturated rings. The molecule has 1 aromatic heterocycles. The Morgan fingerprint density at radius 1 is 1.21 bits per heavy atom. The van der Waals surface area contributed by atoms with Crippen LogP contribution < -0.4 is 5.73 Å². The molecule has 24 heavy (non-hydrogen) atoms. The van der Waals surface area contributed by atoms with E-state index in [2.05, 4.69) is 9.88 Å². The van der Waals surface area contributed by atoms with Gasteiger partial charge < -0.3 is 10.6 Å². The molecule has 1 aliphatic rings. The molecule has 2 aromatic rings. The van der Waals surface area contributed by atoms with Crippen LogP contribution in [0, 0.1) is 11.6 Å². The summed E-state index contributed by atoms with van der Waals surface area (Å²) in [6, 6.07) is 3.45. The summed E-state index contributed by atoms with van der Waals surface area (Å²) < 4.78 is 27.4. The Kier molecular flexibility index (Phi) is 6.09. The molecule has 0 atom stereocenters. The maximum absolute atomic E-state index is 13.7. The Labute approximate surface area is 148 Å². The normalized spacial score (nSPS) is 15.2. The van der Waals surface area contributed by atoms with Crippen LogP contribution in [0.5, 0.6) is 0 Å². The lowest BCUT2D eigenvalue weighted by Crippen LogP contribution is -2.48. The van der Waals surface area contributed by atoms with Crippen LogP contribution in [0.15, 0.2) is 24.4 Å². The minimum absolute atomic E-state index is 0. The van der Waals surface area contributed by atoms with E-state index in [9.17, 15) is 13.6 Å². The van der Waals surface area contributed by atoms with E-state index in [1.807, 2.05) is 0 Å². The molecule has 5 nitrogen and oxygen atoms in total. The highest BCUT2D eigenvalue weighted by Crippen LogP contribution is 2.19. The molecule has 0 saturated carbocycles. The fourth-order valence-corrected chi connectivity index (χ4v) is 3.31. The van der Waals surface area contributed by atoms with Gasteiger partial charge in [-0.1, -0.05) is 6.07 Å². The Morgan fingerprint density at radius 2 is 1.83 bits per heavy atom. The first kappa shape index (κ1) is 18.6. The highest BCUT2D eigenvalue weighted by atomic mass is 35.5. The van der Waals surface area contributed by atoms with Gasteiger partial charge in [-0.05, 0) is 12.1 Å². The number of nitrogens with two attached hydrogens (primary N) is 1. The molecule has 2 N–H and O–H groups in total. The van der Waals surface area contributed by atoms with Crippen LogP contribution in [0.25, 0.3) is 0 Å². The molecule has 1 aromatic carbocycles. The van der Waals surface area contributed by atoms with Gasteiger partial charge in [0.15, 0.2) is 5.13 Å². The summed E-state index contributed by atoms with van der Waals surface area (Å²) in [6.07, 6.45) is 1.74. The molecule has 0 aliphatic carbocycles. The van der Waals surface area contributed by atoms with E-state index in [4.69, 9.17) is 5.73 Å². The maximum atomic E-state index is 13.7. The van der Waals surface area contributed by atoms with Gasteiger partial charge >= 0.3 is 0 Å². The molecule has 9 heteroatoms. The van der Waals surface area contributed by atoms with Crippen molar-refractivity contribution in [2.24, 2.45) is 0 Å². The van der Waals surface area contributed by atoms with Crippen LogP contribution in [0.3, 0.4) is 0 Å². The summed E-state index contributed by atoms with van der Waals surface area (Å²) in [4.78, 5) is 21.0. The minimum atomic E-state index is -0.822. The molecule has 0 spiro atoms. The van der Waals surface area contributed by atoms with Gasteiger partial charge in [0.1, 0.15) is 17.2 Å². The Balaban J connectivity index is 0.00000208. The third-order valence-corrected chi connectivity index (χ3v) is 4.60. The van der Waals surface area contributed by atoms with Crippen molar-refractivity contribution in [1.29, 1.82) is 0 Å². The molecule has 130 valence electrons. The van der Waals surface area contributed by atoms with Crippen LogP contribution in [0.2, 0.25) is 0 Å². The summed E-state index contributed by atoms with van der Waals surface area (Å²) in [7, 11) is 0. The number of halogens is 3. The number of thiazole rings is 1. The topological polar surface area (TPSA) is 62.5 Å². The van der Waals surface area contributed by atoms with E-state index in [1.165, 1.54) is 22.3 Å². The number of hydrogen-bond donors (Lipinski definition) is 1. The van der Waals surface area contributed by atoms with Crippen LogP contribution >= 0.6 is 23.7 Å². The Bertz CT molecular complexity index is 699. The number of benzene rings is 1. The molecule has 0 unspecified atom stereocenters. The van der Waals surface area contributed by atoms with E-state index in [0.29, 0.717) is 37.9 Å². The summed E-state index contributed by atoms with van der Waals surface area (Å²) in [5, 5.41) is 0.531. The largest absolute Gasteiger partial charge is 0.375 e. The number of carbonyl (C=O) groups is 1. The quantitative estimate of drug-likeness (QED) is 0.896. The highest BCUT2D eigenvalue weighted by Gasteiger charge is 2.26. The fourth-order valence-electron chi connectivity index (χ4n) is 2.59. The number of hydrogen-bond acceptors (Lipinski definition) is 5. The Hall–Kier alpha value is -1.77. The van der Waals surface area contributed by atoms with Crippen molar-refractivity contribution in [2.75, 3.05) is 31.9 Å². The van der Waals surface area contributed by atoms with Crippen molar-refractivity contribution < 1.29 is 13.6 Å². The van der Waals surface area contributed by atoms with E-state index >= 15 is 0 Å². The molecular formula is C15H17ClF2N4OS. The van der Waals surface area contributed by atoms with Gasteiger partial charge in [0.25, 0.3) is 5.91 Å². The van der Waals surface area contributed by atoms with Crippen LogP contribution in [0.4, 0.5) is 13.9 Å². The fraction of sp³-hybridized carbons (Fsp3) is 0.333. The summed E-state index contributed by atoms with van der Waals surface area (Å²) in [5.41, 5.74) is 5.13. The molecule has 1 amide bonds. The number of aromatic nitrogens is 1. The van der Waals surface area contributed by atoms with Crippen LogP contribution in [-0.4, -0.2) is 46.9 Å². The number of nitrogen functional groups attached to an aromatic ring is 1. The molecule has 0 bridgehead atoms. The van der Waals surface area contributed by atoms with E-state index in [1.54, 1.807) is 6.20 Å². The predicted octanol–water partition coefficient (Wildman–Crippen LogP) is 2.38. The zero-order valence-electron chi connectivity index (χ0n) is 12.7. The molecule has 3 rings (SSSR count). The van der Waals surface area contributed by atoms with Gasteiger partial charge in [-0.2, -0.15) is 0 Å². The number of nitrogens with zero attached hydrogens (tertiary/aromatic N) is 3. The summed E-state index contributed by atoms with van der Waals surface area (Å²) in [6.45, 7) is 2.85. The van der Waals surface area contributed by atoms with Gasteiger partial charge in [0, 0.05) is 43.8 Å². The number of piperazine rings is 1. The molecular weight excluding hydrogens is 358 g/mol. The van der Waals surface area contributed by atoms with Crippen LogP contribution in [-0.2, 0) is 6.54 Å². The van der Waals surface area contributed by atoms with Gasteiger partial charge in [0.05, 0.1) is 0 Å². The van der Waals surface area contributed by atoms with E-state index < -0.39 is 23.1 Å². The first-order chi connectivity index (χ1) is 11.0. The lowest BCUT2D eigenvalue weighted by molar-refractivity contribution is 0.0620. The number of amides is 1. The smallest absolute Gasteiger partial charge is 0.259 e. The lowest BCUT2D eigenvalue weighted by Gasteiger charge is -2.34. The second kappa shape index (κ2) is 7.87. The van der Waals surface area contributed by atoms with E-state index in [0.717, 1.165) is 17.0 Å². The predicted molar refractivity (Wildman–Crippen MR) is 91.3 cm³/mol. The van der Waals surface area contributed by atoms with Gasteiger partial charge in [-0.15, -0.1) is 23.7 Å². The monoisotopic (exact) mass is 374 g/mol. The van der Waals surface area contributed by atoms with Crippen molar-refractivity contribution in [2.45, 2.75) is 6.54 Å². The van der Waals surface area contributed by atoms with E-state index in [-0.39, 0.29) is 12.4 Å². The molecule has 2 heterocycles. The third-order valence-electron chi connectivity index (χ3n) is 3.79. The van der Waals surface area contributed by atoms with Gasteiger partial charge in [-0.25, -0.2) is 13.8 Å². The average molecular weight is 375 g/mol. The third kappa shape index (κ3) is 4.00. The second-order valence-electron chi connectivity index (χ2n) is 5.33. The zero-order valence-corrected chi connectivity index (χ0v) is 14.4. The molecule has 0 radical (unpaired) electrons. The van der Waals surface area contributed by atoms with Crippen molar-refractivity contribution in [3.63, 3.8) is 0 Å². The number of carbonyl (C=O) groups excluding carboxylic acids is 1. The molecule has 1 saturated heterocycles. The van der Waals surface area contributed by atoms with Crippen molar-refractivity contribution in [1.82, 2.24) is 14.8 Å². The first-order valence-electron chi connectivity index (χ1n) is 7.20. The lowest BCUT2D eigenvalue weighted by atomic mass is 10.1. The second-order valence-corrected chi connectivity index (χ2v) is 6.48. The molecule has 1 aliphatic heterocycles. The number of anilines is 1.